The van der Waals surface area contributed by atoms with Crippen LogP contribution in [0.25, 0.3) is 0 Å². The second-order valence-corrected chi connectivity index (χ2v) is 10.9. The third kappa shape index (κ3) is 3.15. The van der Waals surface area contributed by atoms with E-state index in [-0.39, 0.29) is 16.5 Å². The molecule has 4 aliphatic carbocycles. The Morgan fingerprint density at radius 2 is 1.57 bits per heavy atom. The van der Waals surface area contributed by atoms with Gasteiger partial charge < -0.3 is 0 Å². The summed E-state index contributed by atoms with van der Waals surface area (Å²) in [6, 6.07) is 13.4. The average molecular weight is 428 g/mol. The van der Waals surface area contributed by atoms with E-state index in [2.05, 4.69) is 0 Å². The van der Waals surface area contributed by atoms with E-state index in [1.807, 2.05) is 6.92 Å². The van der Waals surface area contributed by atoms with Crippen molar-refractivity contribution in [3.63, 3.8) is 0 Å². The fraction of sp³-hybridized carbons (Fsp3) is 0.478. The van der Waals surface area contributed by atoms with Crippen LogP contribution in [0.5, 0.6) is 0 Å². The maximum absolute atomic E-state index is 13.1. The van der Waals surface area contributed by atoms with Gasteiger partial charge in [0, 0.05) is 17.5 Å². The van der Waals surface area contributed by atoms with Gasteiger partial charge in [0.25, 0.3) is 15.8 Å². The second-order valence-electron chi connectivity index (χ2n) is 9.35. The molecule has 4 saturated carbocycles. The van der Waals surface area contributed by atoms with Crippen LogP contribution in [0.15, 0.2) is 53.4 Å². The van der Waals surface area contributed by atoms with Gasteiger partial charge >= 0.3 is 0 Å². The van der Waals surface area contributed by atoms with Gasteiger partial charge in [-0.05, 0) is 74.5 Å². The van der Waals surface area contributed by atoms with E-state index in [0.29, 0.717) is 11.8 Å². The molecular formula is C23H25NO5S. The lowest BCUT2D eigenvalue weighted by atomic mass is 9.46. The Balaban J connectivity index is 1.54. The molecule has 2 aromatic rings. The van der Waals surface area contributed by atoms with Crippen molar-refractivity contribution >= 4 is 15.8 Å². The van der Waals surface area contributed by atoms with E-state index in [1.165, 1.54) is 18.6 Å². The Bertz CT molecular complexity index is 1060. The van der Waals surface area contributed by atoms with Crippen LogP contribution in [-0.2, 0) is 19.7 Å². The molecule has 2 aromatic carbocycles. The van der Waals surface area contributed by atoms with Gasteiger partial charge in [0.05, 0.1) is 15.9 Å². The van der Waals surface area contributed by atoms with Crippen molar-refractivity contribution in [2.24, 2.45) is 17.8 Å². The summed E-state index contributed by atoms with van der Waals surface area (Å²) in [6.45, 7) is 1.92. The monoisotopic (exact) mass is 427 g/mol. The summed E-state index contributed by atoms with van der Waals surface area (Å²) in [5, 5.41) is 11.1. The van der Waals surface area contributed by atoms with Crippen LogP contribution < -0.4 is 0 Å². The third-order valence-corrected chi connectivity index (χ3v) is 8.72. The first-order valence-electron chi connectivity index (χ1n) is 10.5. The SMILES string of the molecule is Cc1ccc(S(=O)(=O)OC2C3CC4CC(C3)CC2(c2ccc([N+](=O)[O-])cc2)C4)cc1. The van der Waals surface area contributed by atoms with Crippen LogP contribution in [0.2, 0.25) is 0 Å². The van der Waals surface area contributed by atoms with E-state index in [1.54, 1.807) is 36.4 Å². The van der Waals surface area contributed by atoms with Crippen molar-refractivity contribution < 1.29 is 17.5 Å². The molecule has 158 valence electrons. The molecule has 0 spiro atoms. The number of nitro groups is 1. The van der Waals surface area contributed by atoms with Gasteiger partial charge in [-0.15, -0.1) is 0 Å². The molecule has 0 N–H and O–H groups in total. The molecule has 4 bridgehead atoms. The Hall–Kier alpha value is -2.25. The molecule has 3 atom stereocenters. The van der Waals surface area contributed by atoms with E-state index in [9.17, 15) is 18.5 Å². The number of hydrogen-bond acceptors (Lipinski definition) is 5. The normalized spacial score (nSPS) is 32.3. The molecule has 6 nitrogen and oxygen atoms in total. The lowest BCUT2D eigenvalue weighted by Gasteiger charge is -2.60. The Labute approximate surface area is 176 Å². The molecule has 0 amide bonds. The van der Waals surface area contributed by atoms with Gasteiger partial charge in [-0.2, -0.15) is 8.42 Å². The first-order chi connectivity index (χ1) is 14.3. The lowest BCUT2D eigenvalue weighted by molar-refractivity contribution is -0.384. The van der Waals surface area contributed by atoms with Crippen molar-refractivity contribution in [1.29, 1.82) is 0 Å². The minimum atomic E-state index is -3.90. The average Bonchev–Trinajstić information content (AvgIpc) is 2.70. The Morgan fingerprint density at radius 1 is 0.967 bits per heavy atom. The summed E-state index contributed by atoms with van der Waals surface area (Å²) in [5.74, 6) is 1.34. The molecule has 7 heteroatoms. The zero-order valence-electron chi connectivity index (χ0n) is 16.9. The van der Waals surface area contributed by atoms with Crippen LogP contribution in [-0.4, -0.2) is 19.4 Å². The van der Waals surface area contributed by atoms with Crippen LogP contribution in [0.1, 0.15) is 43.2 Å². The predicted molar refractivity (Wildman–Crippen MR) is 112 cm³/mol. The number of nitrogens with zero attached hydrogens (tertiary/aromatic N) is 1. The number of rotatable bonds is 5. The molecule has 0 aromatic heterocycles. The fourth-order valence-corrected chi connectivity index (χ4v) is 7.57. The molecule has 4 fully saturated rings. The Kier molecular flexibility index (Phi) is 4.52. The smallest absolute Gasteiger partial charge is 0.262 e. The molecule has 4 aliphatic rings. The number of hydrogen-bond donors (Lipinski definition) is 0. The molecule has 30 heavy (non-hydrogen) atoms. The van der Waals surface area contributed by atoms with Crippen LogP contribution in [0.4, 0.5) is 5.69 Å². The molecule has 0 aliphatic heterocycles. The lowest BCUT2D eigenvalue weighted by Crippen LogP contribution is -2.59. The summed E-state index contributed by atoms with van der Waals surface area (Å²) < 4.78 is 32.3. The summed E-state index contributed by atoms with van der Waals surface area (Å²) in [7, 11) is -3.90. The molecular weight excluding hydrogens is 402 g/mol. The highest BCUT2D eigenvalue weighted by Crippen LogP contribution is 2.62. The number of nitro benzene ring substituents is 1. The summed E-state index contributed by atoms with van der Waals surface area (Å²) in [5.41, 5.74) is 1.61. The largest absolute Gasteiger partial charge is 0.297 e. The Morgan fingerprint density at radius 3 is 2.13 bits per heavy atom. The highest BCUT2D eigenvalue weighted by atomic mass is 32.2. The van der Waals surface area contributed by atoms with Crippen molar-refractivity contribution in [3.8, 4) is 0 Å². The maximum Gasteiger partial charge on any atom is 0.297 e. The number of non-ortho nitro benzene ring substituents is 1. The zero-order valence-corrected chi connectivity index (χ0v) is 17.7. The van der Waals surface area contributed by atoms with Crippen LogP contribution >= 0.6 is 0 Å². The maximum atomic E-state index is 13.1. The first-order valence-corrected chi connectivity index (χ1v) is 11.9. The minimum Gasteiger partial charge on any atom is -0.262 e. The van der Waals surface area contributed by atoms with E-state index in [4.69, 9.17) is 4.18 Å². The molecule has 3 unspecified atom stereocenters. The predicted octanol–water partition coefficient (Wildman–Crippen LogP) is 4.76. The third-order valence-electron chi connectivity index (χ3n) is 7.41. The zero-order chi connectivity index (χ0) is 21.1. The van der Waals surface area contributed by atoms with Gasteiger partial charge in [0.15, 0.2) is 0 Å². The van der Waals surface area contributed by atoms with Crippen molar-refractivity contribution in [2.45, 2.75) is 55.4 Å². The van der Waals surface area contributed by atoms with Crippen LogP contribution in [0, 0.1) is 34.8 Å². The number of benzene rings is 2. The van der Waals surface area contributed by atoms with E-state index >= 15 is 0 Å². The highest BCUT2D eigenvalue weighted by molar-refractivity contribution is 7.86. The first kappa shape index (κ1) is 19.7. The van der Waals surface area contributed by atoms with Crippen molar-refractivity contribution in [3.05, 3.63) is 69.8 Å². The minimum absolute atomic E-state index is 0.0493. The molecule has 0 radical (unpaired) electrons. The second kappa shape index (κ2) is 6.89. The molecule has 6 rings (SSSR count). The molecule has 0 saturated heterocycles. The number of aryl methyl sites for hydroxylation is 1. The van der Waals surface area contributed by atoms with Gasteiger partial charge in [-0.1, -0.05) is 29.8 Å². The summed E-state index contributed by atoms with van der Waals surface area (Å²) in [6.07, 6.45) is 4.53. The van der Waals surface area contributed by atoms with E-state index in [0.717, 1.165) is 36.8 Å². The summed E-state index contributed by atoms with van der Waals surface area (Å²) >= 11 is 0. The highest BCUT2D eigenvalue weighted by Gasteiger charge is 2.59. The van der Waals surface area contributed by atoms with Gasteiger partial charge in [-0.25, -0.2) is 0 Å². The van der Waals surface area contributed by atoms with Crippen molar-refractivity contribution in [2.75, 3.05) is 0 Å². The quantitative estimate of drug-likeness (QED) is 0.390. The van der Waals surface area contributed by atoms with Gasteiger partial charge in [0.2, 0.25) is 0 Å². The van der Waals surface area contributed by atoms with E-state index < -0.39 is 26.6 Å². The fourth-order valence-electron chi connectivity index (χ4n) is 6.38. The summed E-state index contributed by atoms with van der Waals surface area (Å²) in [4.78, 5) is 10.9. The van der Waals surface area contributed by atoms with Crippen molar-refractivity contribution in [1.82, 2.24) is 0 Å². The van der Waals surface area contributed by atoms with Crippen LogP contribution in [0.3, 0.4) is 0 Å². The topological polar surface area (TPSA) is 86.5 Å². The van der Waals surface area contributed by atoms with Gasteiger partial charge in [0.1, 0.15) is 0 Å². The standard InChI is InChI=1S/C23H25NO5S/c1-15-2-8-21(9-3-15)30(27,28)29-22-18-11-16-10-17(12-18)14-23(22,13-16)19-4-6-20(7-5-19)24(25)26/h2-9,16-18,22H,10-14H2,1H3. The van der Waals surface area contributed by atoms with Gasteiger partial charge in [-0.3, -0.25) is 14.3 Å². The molecule has 0 heterocycles.